The minimum atomic E-state index is -0.185. The minimum Gasteiger partial charge on any atom is -0.393 e. The second-order valence-corrected chi connectivity index (χ2v) is 5.63. The zero-order chi connectivity index (χ0) is 12.3. The van der Waals surface area contributed by atoms with Crippen molar-refractivity contribution in [3.05, 3.63) is 0 Å². The third-order valence-electron chi connectivity index (χ3n) is 3.89. The first kappa shape index (κ1) is 13.3. The Labute approximate surface area is 105 Å². The summed E-state index contributed by atoms with van der Waals surface area (Å²) in [4.78, 5) is 4.85. The highest BCUT2D eigenvalue weighted by Crippen LogP contribution is 2.22. The normalized spacial score (nSPS) is 34.1. The highest BCUT2D eigenvalue weighted by molar-refractivity contribution is 4.84. The van der Waals surface area contributed by atoms with E-state index in [9.17, 15) is 5.11 Å². The van der Waals surface area contributed by atoms with Crippen molar-refractivity contribution in [3.8, 4) is 0 Å². The topological polar surface area (TPSA) is 35.9 Å². The van der Waals surface area contributed by atoms with Gasteiger partial charge in [-0.25, -0.2) is 0 Å². The van der Waals surface area contributed by atoms with Crippen LogP contribution in [0.4, 0.5) is 0 Å². The van der Waals surface area contributed by atoms with Crippen molar-refractivity contribution < 1.29 is 9.84 Å². The van der Waals surface area contributed by atoms with Gasteiger partial charge in [0.2, 0.25) is 0 Å². The van der Waals surface area contributed by atoms with E-state index in [-0.39, 0.29) is 6.10 Å². The maximum absolute atomic E-state index is 9.51. The van der Waals surface area contributed by atoms with E-state index in [1.165, 1.54) is 19.4 Å². The van der Waals surface area contributed by atoms with E-state index in [0.29, 0.717) is 12.1 Å². The van der Waals surface area contributed by atoms with Crippen LogP contribution in [0, 0.1) is 0 Å². The Balaban J connectivity index is 1.80. The number of likely N-dealkylation sites (N-methyl/N-ethyl adjacent to an activating group) is 1. The van der Waals surface area contributed by atoms with E-state index in [0.717, 1.165) is 32.7 Å². The molecule has 2 saturated heterocycles. The Kier molecular flexibility index (Phi) is 4.79. The van der Waals surface area contributed by atoms with Crippen molar-refractivity contribution in [2.24, 2.45) is 0 Å². The molecule has 17 heavy (non-hydrogen) atoms. The van der Waals surface area contributed by atoms with Crippen LogP contribution in [0.15, 0.2) is 0 Å². The third-order valence-corrected chi connectivity index (χ3v) is 3.89. The highest BCUT2D eigenvalue weighted by Gasteiger charge is 2.29. The molecule has 0 radical (unpaired) electrons. The molecule has 0 saturated carbocycles. The number of ether oxygens (including phenoxy) is 1. The fourth-order valence-electron chi connectivity index (χ4n) is 3.04. The number of hydrogen-bond donors (Lipinski definition) is 1. The standard InChI is InChI=1S/C13H26N2O2/c1-11(16)8-12-4-3-5-15(12)10-13-9-14(2)6-7-17-13/h11-13,16H,3-10H2,1-2H3. The summed E-state index contributed by atoms with van der Waals surface area (Å²) in [7, 11) is 2.16. The van der Waals surface area contributed by atoms with Gasteiger partial charge in [0.15, 0.2) is 0 Å². The molecule has 1 N–H and O–H groups in total. The van der Waals surface area contributed by atoms with Gasteiger partial charge >= 0.3 is 0 Å². The van der Waals surface area contributed by atoms with Crippen LogP contribution in [0.5, 0.6) is 0 Å². The predicted molar refractivity (Wildman–Crippen MR) is 68.1 cm³/mol. The van der Waals surface area contributed by atoms with E-state index in [4.69, 9.17) is 4.74 Å². The summed E-state index contributed by atoms with van der Waals surface area (Å²) in [5, 5.41) is 9.51. The van der Waals surface area contributed by atoms with Gasteiger partial charge in [0.1, 0.15) is 0 Å². The summed E-state index contributed by atoms with van der Waals surface area (Å²) in [6.07, 6.45) is 3.56. The van der Waals surface area contributed by atoms with E-state index in [1.807, 2.05) is 6.92 Å². The Morgan fingerprint density at radius 2 is 2.24 bits per heavy atom. The number of likely N-dealkylation sites (tertiary alicyclic amines) is 1. The van der Waals surface area contributed by atoms with Crippen molar-refractivity contribution in [2.45, 2.75) is 44.4 Å². The number of aliphatic hydroxyl groups is 1. The Morgan fingerprint density at radius 3 is 2.94 bits per heavy atom. The lowest BCUT2D eigenvalue weighted by Gasteiger charge is -2.34. The first-order valence-corrected chi connectivity index (χ1v) is 6.87. The van der Waals surface area contributed by atoms with Gasteiger partial charge in [0.25, 0.3) is 0 Å². The fraction of sp³-hybridized carbons (Fsp3) is 1.00. The quantitative estimate of drug-likeness (QED) is 0.781. The van der Waals surface area contributed by atoms with Crippen LogP contribution in [0.25, 0.3) is 0 Å². The predicted octanol–water partition coefficient (Wildman–Crippen LogP) is 0.552. The van der Waals surface area contributed by atoms with E-state index in [2.05, 4.69) is 16.8 Å². The number of rotatable bonds is 4. The largest absolute Gasteiger partial charge is 0.393 e. The Hall–Kier alpha value is -0.160. The lowest BCUT2D eigenvalue weighted by atomic mass is 10.1. The summed E-state index contributed by atoms with van der Waals surface area (Å²) >= 11 is 0. The molecule has 100 valence electrons. The van der Waals surface area contributed by atoms with Crippen molar-refractivity contribution in [2.75, 3.05) is 39.8 Å². The molecule has 0 amide bonds. The van der Waals surface area contributed by atoms with E-state index >= 15 is 0 Å². The second kappa shape index (κ2) is 6.14. The average Bonchev–Trinajstić information content (AvgIpc) is 2.65. The Bertz CT molecular complexity index is 235. The number of hydrogen-bond acceptors (Lipinski definition) is 4. The van der Waals surface area contributed by atoms with Crippen molar-refractivity contribution in [1.29, 1.82) is 0 Å². The van der Waals surface area contributed by atoms with Crippen LogP contribution in [0.1, 0.15) is 26.2 Å². The molecular weight excluding hydrogens is 216 g/mol. The molecule has 3 unspecified atom stereocenters. The summed E-state index contributed by atoms with van der Waals surface area (Å²) in [6.45, 7) is 7.03. The first-order valence-electron chi connectivity index (χ1n) is 6.87. The average molecular weight is 242 g/mol. The van der Waals surface area contributed by atoms with E-state index in [1.54, 1.807) is 0 Å². The van der Waals surface area contributed by atoms with Gasteiger partial charge in [0, 0.05) is 25.7 Å². The van der Waals surface area contributed by atoms with Gasteiger partial charge in [-0.2, -0.15) is 0 Å². The molecule has 0 aromatic rings. The molecule has 2 heterocycles. The van der Waals surface area contributed by atoms with Crippen LogP contribution >= 0.6 is 0 Å². The maximum atomic E-state index is 9.51. The summed E-state index contributed by atoms with van der Waals surface area (Å²) in [6, 6.07) is 0.561. The summed E-state index contributed by atoms with van der Waals surface area (Å²) in [5.74, 6) is 0. The minimum absolute atomic E-state index is 0.185. The van der Waals surface area contributed by atoms with Gasteiger partial charge in [-0.3, -0.25) is 4.90 Å². The molecule has 0 spiro atoms. The van der Waals surface area contributed by atoms with Gasteiger partial charge in [0.05, 0.1) is 18.8 Å². The number of nitrogens with zero attached hydrogens (tertiary/aromatic N) is 2. The molecule has 2 aliphatic heterocycles. The maximum Gasteiger partial charge on any atom is 0.0829 e. The van der Waals surface area contributed by atoms with Crippen LogP contribution < -0.4 is 0 Å². The van der Waals surface area contributed by atoms with E-state index < -0.39 is 0 Å². The number of morpholine rings is 1. The molecule has 2 aliphatic rings. The molecular formula is C13H26N2O2. The zero-order valence-electron chi connectivity index (χ0n) is 11.1. The number of aliphatic hydroxyl groups excluding tert-OH is 1. The zero-order valence-corrected chi connectivity index (χ0v) is 11.1. The molecule has 3 atom stereocenters. The summed E-state index contributed by atoms with van der Waals surface area (Å²) in [5.41, 5.74) is 0. The van der Waals surface area contributed by atoms with Crippen LogP contribution in [-0.4, -0.2) is 73.0 Å². The third kappa shape index (κ3) is 3.91. The van der Waals surface area contributed by atoms with Gasteiger partial charge in [-0.1, -0.05) is 0 Å². The monoisotopic (exact) mass is 242 g/mol. The lowest BCUT2D eigenvalue weighted by molar-refractivity contribution is -0.0391. The Morgan fingerprint density at radius 1 is 1.41 bits per heavy atom. The van der Waals surface area contributed by atoms with Crippen molar-refractivity contribution >= 4 is 0 Å². The van der Waals surface area contributed by atoms with Gasteiger partial charge in [-0.15, -0.1) is 0 Å². The van der Waals surface area contributed by atoms with Crippen LogP contribution in [-0.2, 0) is 4.74 Å². The molecule has 2 rings (SSSR count). The van der Waals surface area contributed by atoms with Crippen LogP contribution in [0.3, 0.4) is 0 Å². The van der Waals surface area contributed by atoms with Gasteiger partial charge in [-0.05, 0) is 39.8 Å². The van der Waals surface area contributed by atoms with Crippen molar-refractivity contribution in [3.63, 3.8) is 0 Å². The molecule has 4 nitrogen and oxygen atoms in total. The smallest absolute Gasteiger partial charge is 0.0829 e. The second-order valence-electron chi connectivity index (χ2n) is 5.63. The lowest BCUT2D eigenvalue weighted by Crippen LogP contribution is -2.47. The molecule has 0 aliphatic carbocycles. The molecule has 2 fully saturated rings. The molecule has 0 aromatic heterocycles. The summed E-state index contributed by atoms with van der Waals surface area (Å²) < 4.78 is 5.82. The first-order chi connectivity index (χ1) is 8.15. The molecule has 4 heteroatoms. The SMILES string of the molecule is CC(O)CC1CCCN1CC1CN(C)CCO1. The highest BCUT2D eigenvalue weighted by atomic mass is 16.5. The molecule has 0 bridgehead atoms. The fourth-order valence-corrected chi connectivity index (χ4v) is 3.04. The van der Waals surface area contributed by atoms with Crippen molar-refractivity contribution in [1.82, 2.24) is 9.80 Å². The van der Waals surface area contributed by atoms with Gasteiger partial charge < -0.3 is 14.7 Å². The van der Waals surface area contributed by atoms with Crippen LogP contribution in [0.2, 0.25) is 0 Å². The molecule has 0 aromatic carbocycles.